The standard InChI is InChI=1S/C13H17ClN2O3/c1-8(2-5-12(17)18)7-16-13(19)9-3-4-10(14)11(15)6-9/h3-4,6,8H,2,5,7,15H2,1H3,(H,16,19)(H,17,18). The summed E-state index contributed by atoms with van der Waals surface area (Å²) in [5.74, 6) is -0.973. The summed E-state index contributed by atoms with van der Waals surface area (Å²) in [5.41, 5.74) is 6.41. The van der Waals surface area contributed by atoms with Crippen LogP contribution in [0.15, 0.2) is 18.2 Å². The van der Waals surface area contributed by atoms with Crippen LogP contribution in [0.3, 0.4) is 0 Å². The van der Waals surface area contributed by atoms with Crippen molar-refractivity contribution in [1.82, 2.24) is 5.32 Å². The molecule has 6 heteroatoms. The van der Waals surface area contributed by atoms with E-state index in [-0.39, 0.29) is 18.2 Å². The Morgan fingerprint density at radius 1 is 1.47 bits per heavy atom. The molecule has 1 aromatic rings. The van der Waals surface area contributed by atoms with Crippen LogP contribution in [0.5, 0.6) is 0 Å². The van der Waals surface area contributed by atoms with E-state index in [1.165, 1.54) is 6.07 Å². The van der Waals surface area contributed by atoms with Gasteiger partial charge in [0.2, 0.25) is 0 Å². The molecule has 1 atom stereocenters. The summed E-state index contributed by atoms with van der Waals surface area (Å²) in [7, 11) is 0. The van der Waals surface area contributed by atoms with E-state index in [2.05, 4.69) is 5.32 Å². The molecule has 4 N–H and O–H groups in total. The van der Waals surface area contributed by atoms with Gasteiger partial charge in [-0.2, -0.15) is 0 Å². The summed E-state index contributed by atoms with van der Waals surface area (Å²) in [6.07, 6.45) is 0.628. The van der Waals surface area contributed by atoms with E-state index in [9.17, 15) is 9.59 Å². The number of carboxylic acid groups (broad SMARTS) is 1. The molecule has 0 fully saturated rings. The van der Waals surface area contributed by atoms with Gasteiger partial charge in [0.1, 0.15) is 0 Å². The average molecular weight is 285 g/mol. The third kappa shape index (κ3) is 5.18. The van der Waals surface area contributed by atoms with Crippen molar-refractivity contribution in [2.75, 3.05) is 12.3 Å². The van der Waals surface area contributed by atoms with E-state index in [0.717, 1.165) is 0 Å². The molecule has 19 heavy (non-hydrogen) atoms. The highest BCUT2D eigenvalue weighted by Crippen LogP contribution is 2.19. The number of nitrogen functional groups attached to an aromatic ring is 1. The van der Waals surface area contributed by atoms with Gasteiger partial charge < -0.3 is 16.2 Å². The fourth-order valence-corrected chi connectivity index (χ4v) is 1.64. The van der Waals surface area contributed by atoms with E-state index in [1.807, 2.05) is 6.92 Å². The fraction of sp³-hybridized carbons (Fsp3) is 0.385. The number of carbonyl (C=O) groups excluding carboxylic acids is 1. The zero-order chi connectivity index (χ0) is 14.4. The number of aliphatic carboxylic acids is 1. The summed E-state index contributed by atoms with van der Waals surface area (Å²) in [6.45, 7) is 2.31. The van der Waals surface area contributed by atoms with E-state index in [4.69, 9.17) is 22.4 Å². The minimum absolute atomic E-state index is 0.102. The number of anilines is 1. The number of nitrogens with two attached hydrogens (primary N) is 1. The first-order valence-electron chi connectivity index (χ1n) is 5.95. The molecule has 1 rings (SSSR count). The smallest absolute Gasteiger partial charge is 0.303 e. The normalized spacial score (nSPS) is 11.9. The zero-order valence-electron chi connectivity index (χ0n) is 10.6. The molecule has 0 aliphatic heterocycles. The maximum Gasteiger partial charge on any atom is 0.303 e. The predicted molar refractivity (Wildman–Crippen MR) is 74.2 cm³/mol. The van der Waals surface area contributed by atoms with Crippen LogP contribution >= 0.6 is 11.6 Å². The van der Waals surface area contributed by atoms with Crippen LogP contribution in [0.4, 0.5) is 5.69 Å². The minimum Gasteiger partial charge on any atom is -0.481 e. The number of hydrogen-bond donors (Lipinski definition) is 3. The zero-order valence-corrected chi connectivity index (χ0v) is 11.4. The van der Waals surface area contributed by atoms with Gasteiger partial charge in [-0.1, -0.05) is 18.5 Å². The quantitative estimate of drug-likeness (QED) is 0.698. The van der Waals surface area contributed by atoms with Crippen LogP contribution in [0.25, 0.3) is 0 Å². The van der Waals surface area contributed by atoms with Gasteiger partial charge >= 0.3 is 5.97 Å². The molecule has 1 amide bonds. The van der Waals surface area contributed by atoms with Crippen LogP contribution < -0.4 is 11.1 Å². The first kappa shape index (κ1) is 15.3. The molecular weight excluding hydrogens is 268 g/mol. The Bertz CT molecular complexity index is 477. The molecule has 0 bridgehead atoms. The van der Waals surface area contributed by atoms with Crippen LogP contribution in [0.2, 0.25) is 5.02 Å². The lowest BCUT2D eigenvalue weighted by Gasteiger charge is -2.11. The van der Waals surface area contributed by atoms with Gasteiger partial charge in [0.25, 0.3) is 5.91 Å². The highest BCUT2D eigenvalue weighted by atomic mass is 35.5. The molecule has 0 saturated carbocycles. The van der Waals surface area contributed by atoms with Crippen LogP contribution in [0, 0.1) is 5.92 Å². The largest absolute Gasteiger partial charge is 0.481 e. The van der Waals surface area contributed by atoms with E-state index >= 15 is 0 Å². The van der Waals surface area contributed by atoms with Crippen LogP contribution in [-0.2, 0) is 4.79 Å². The molecule has 0 heterocycles. The Morgan fingerprint density at radius 2 is 2.16 bits per heavy atom. The van der Waals surface area contributed by atoms with Gasteiger partial charge in [0.05, 0.1) is 10.7 Å². The molecular formula is C13H17ClN2O3. The van der Waals surface area contributed by atoms with Gasteiger partial charge in [0.15, 0.2) is 0 Å². The van der Waals surface area contributed by atoms with Crippen LogP contribution in [-0.4, -0.2) is 23.5 Å². The predicted octanol–water partition coefficient (Wildman–Crippen LogP) is 2.15. The van der Waals surface area contributed by atoms with Crippen molar-refractivity contribution < 1.29 is 14.7 Å². The highest BCUT2D eigenvalue weighted by molar-refractivity contribution is 6.33. The number of nitrogens with one attached hydrogen (secondary N) is 1. The van der Waals surface area contributed by atoms with Gasteiger partial charge in [-0.15, -0.1) is 0 Å². The third-order valence-electron chi connectivity index (χ3n) is 2.72. The first-order chi connectivity index (χ1) is 8.90. The molecule has 0 saturated heterocycles. The van der Waals surface area contributed by atoms with Gasteiger partial charge in [-0.25, -0.2) is 0 Å². The summed E-state index contributed by atoms with van der Waals surface area (Å²) < 4.78 is 0. The number of benzene rings is 1. The third-order valence-corrected chi connectivity index (χ3v) is 3.06. The minimum atomic E-state index is -0.830. The number of hydrogen-bond acceptors (Lipinski definition) is 3. The van der Waals surface area contributed by atoms with Gasteiger partial charge in [-0.3, -0.25) is 9.59 Å². The maximum atomic E-state index is 11.8. The molecule has 0 aliphatic rings. The van der Waals surface area contributed by atoms with Crippen molar-refractivity contribution in [2.45, 2.75) is 19.8 Å². The number of rotatable bonds is 6. The lowest BCUT2D eigenvalue weighted by molar-refractivity contribution is -0.137. The van der Waals surface area contributed by atoms with E-state index in [0.29, 0.717) is 29.2 Å². The summed E-state index contributed by atoms with van der Waals surface area (Å²) in [5, 5.41) is 11.7. The fourth-order valence-electron chi connectivity index (χ4n) is 1.53. The SMILES string of the molecule is CC(CCC(=O)O)CNC(=O)c1ccc(Cl)c(N)c1. The Balaban J connectivity index is 2.46. The Morgan fingerprint density at radius 3 is 2.74 bits per heavy atom. The molecule has 104 valence electrons. The number of halogens is 1. The molecule has 0 radical (unpaired) electrons. The molecule has 0 aromatic heterocycles. The average Bonchev–Trinajstić information content (AvgIpc) is 2.36. The first-order valence-corrected chi connectivity index (χ1v) is 6.33. The van der Waals surface area contributed by atoms with Gasteiger partial charge in [0, 0.05) is 18.5 Å². The molecule has 0 spiro atoms. The van der Waals surface area contributed by atoms with Crippen molar-refractivity contribution in [3.05, 3.63) is 28.8 Å². The van der Waals surface area contributed by atoms with Crippen LogP contribution in [0.1, 0.15) is 30.1 Å². The van der Waals surface area contributed by atoms with Crippen molar-refractivity contribution in [1.29, 1.82) is 0 Å². The second-order valence-electron chi connectivity index (χ2n) is 4.48. The molecule has 1 aromatic carbocycles. The summed E-state index contributed by atoms with van der Waals surface area (Å²) in [4.78, 5) is 22.2. The van der Waals surface area contributed by atoms with Crippen molar-refractivity contribution >= 4 is 29.2 Å². The summed E-state index contributed by atoms with van der Waals surface area (Å²) >= 11 is 5.77. The Hall–Kier alpha value is -1.75. The maximum absolute atomic E-state index is 11.8. The number of carboxylic acids is 1. The van der Waals surface area contributed by atoms with Crippen molar-refractivity contribution in [3.63, 3.8) is 0 Å². The Labute approximate surface area is 116 Å². The van der Waals surface area contributed by atoms with Crippen molar-refractivity contribution in [3.8, 4) is 0 Å². The second kappa shape index (κ2) is 6.99. The lowest BCUT2D eigenvalue weighted by Crippen LogP contribution is -2.28. The second-order valence-corrected chi connectivity index (χ2v) is 4.89. The number of carbonyl (C=O) groups is 2. The lowest BCUT2D eigenvalue weighted by atomic mass is 10.1. The summed E-state index contributed by atoms with van der Waals surface area (Å²) in [6, 6.07) is 4.68. The highest BCUT2D eigenvalue weighted by Gasteiger charge is 2.10. The van der Waals surface area contributed by atoms with E-state index < -0.39 is 5.97 Å². The van der Waals surface area contributed by atoms with Crippen molar-refractivity contribution in [2.24, 2.45) is 5.92 Å². The molecule has 1 unspecified atom stereocenters. The van der Waals surface area contributed by atoms with E-state index in [1.54, 1.807) is 12.1 Å². The molecule has 0 aliphatic carbocycles. The van der Waals surface area contributed by atoms with Gasteiger partial charge in [-0.05, 0) is 30.5 Å². The molecule has 5 nitrogen and oxygen atoms in total. The number of amides is 1. The topological polar surface area (TPSA) is 92.4 Å². The Kier molecular flexibility index (Phi) is 5.63. The monoisotopic (exact) mass is 284 g/mol.